The number of aliphatic hydroxyl groups is 1. The number of phosphoric acid groups is 1. The molecule has 4 aromatic carbocycles. The quantitative estimate of drug-likeness (QED) is 0.0566. The Labute approximate surface area is 294 Å². The predicted octanol–water partition coefficient (Wildman–Crippen LogP) is 8.32. The highest BCUT2D eigenvalue weighted by molar-refractivity contribution is 7.47. The molecule has 1 aliphatic heterocycles. The number of hydrogen-bond acceptors (Lipinski definition) is 8. The van der Waals surface area contributed by atoms with Crippen LogP contribution < -0.4 is 0 Å². The summed E-state index contributed by atoms with van der Waals surface area (Å²) < 4.78 is 92.2. The molecule has 0 aromatic heterocycles. The van der Waals surface area contributed by atoms with Crippen molar-refractivity contribution in [2.24, 2.45) is 0 Å². The van der Waals surface area contributed by atoms with Gasteiger partial charge in [0.15, 0.2) is 23.5 Å². The van der Waals surface area contributed by atoms with Gasteiger partial charge in [-0.3, -0.25) is 9.05 Å². The maximum Gasteiger partial charge on any atom is 0.472 e. The van der Waals surface area contributed by atoms with Crippen molar-refractivity contribution in [3.8, 4) is 0 Å². The Morgan fingerprint density at radius 1 is 0.700 bits per heavy atom. The number of cyclic esters (lactones) is 1. The second-order valence-corrected chi connectivity index (χ2v) is 12.5. The number of phosphoric ester groups is 1. The van der Waals surface area contributed by atoms with E-state index in [1.165, 1.54) is 0 Å². The van der Waals surface area contributed by atoms with Crippen LogP contribution in [0.5, 0.6) is 0 Å². The first-order valence-electron chi connectivity index (χ1n) is 14.7. The van der Waals surface area contributed by atoms with Crippen molar-refractivity contribution < 1.29 is 60.2 Å². The standard InChI is InChI=1S/C20H14Cl2F4O5.C14H15O4P/c21-14-11(23)3-1-9(16(14)25)7-29-18-13(5-6-27)31-20(28)19(18)30-8-10-2-4-12(24)15(22)17(10)26;15-19(16,17-11-13-7-3-1-4-8-13)18-12-14-9-5-2-6-10-14/h1-4,13,27H,5-8H2;1-10H,11-12H2,(H,15,16). The van der Waals surface area contributed by atoms with Crippen molar-refractivity contribution in [3.05, 3.63) is 152 Å². The summed E-state index contributed by atoms with van der Waals surface area (Å²) in [5.74, 6) is -5.60. The van der Waals surface area contributed by atoms with Crippen molar-refractivity contribution in [3.63, 3.8) is 0 Å². The second-order valence-electron chi connectivity index (χ2n) is 10.3. The number of ether oxygens (including phenoxy) is 3. The summed E-state index contributed by atoms with van der Waals surface area (Å²) in [7, 11) is -4.02. The number of rotatable bonds is 14. The van der Waals surface area contributed by atoms with Gasteiger partial charge in [0, 0.05) is 24.2 Å². The lowest BCUT2D eigenvalue weighted by atomic mass is 10.2. The van der Waals surface area contributed by atoms with Crippen LogP contribution in [0.3, 0.4) is 0 Å². The number of carbonyl (C=O) groups excluding carboxylic acids is 1. The van der Waals surface area contributed by atoms with Crippen LogP contribution in [0.25, 0.3) is 0 Å². The highest BCUT2D eigenvalue weighted by Crippen LogP contribution is 2.45. The van der Waals surface area contributed by atoms with E-state index < -0.39 is 72.2 Å². The van der Waals surface area contributed by atoms with Crippen LogP contribution in [0.1, 0.15) is 28.7 Å². The summed E-state index contributed by atoms with van der Waals surface area (Å²) in [5.41, 5.74) is 1.38. The van der Waals surface area contributed by atoms with Gasteiger partial charge in [-0.25, -0.2) is 26.9 Å². The average Bonchev–Trinajstić information content (AvgIpc) is 3.41. The molecule has 0 amide bonds. The van der Waals surface area contributed by atoms with E-state index in [9.17, 15) is 36.9 Å². The molecule has 0 bridgehead atoms. The molecule has 0 saturated carbocycles. The number of halogens is 6. The molecule has 0 fully saturated rings. The Hall–Kier alpha value is -3.94. The molecule has 0 saturated heterocycles. The highest BCUT2D eigenvalue weighted by Gasteiger charge is 2.38. The van der Waals surface area contributed by atoms with Gasteiger partial charge in [-0.2, -0.15) is 0 Å². The van der Waals surface area contributed by atoms with Crippen LogP contribution in [0.15, 0.2) is 96.4 Å². The molecule has 16 heteroatoms. The first-order chi connectivity index (χ1) is 23.9. The third-order valence-electron chi connectivity index (χ3n) is 6.80. The van der Waals surface area contributed by atoms with Gasteiger partial charge in [0.2, 0.25) is 5.76 Å². The van der Waals surface area contributed by atoms with Gasteiger partial charge < -0.3 is 24.2 Å². The van der Waals surface area contributed by atoms with Crippen LogP contribution in [0.4, 0.5) is 17.6 Å². The van der Waals surface area contributed by atoms with Gasteiger partial charge in [-0.1, -0.05) is 83.9 Å². The summed E-state index contributed by atoms with van der Waals surface area (Å²) in [5, 5.41) is 7.73. The number of carbonyl (C=O) groups is 1. The van der Waals surface area contributed by atoms with E-state index in [1.54, 1.807) is 0 Å². The maximum absolute atomic E-state index is 14.1. The van der Waals surface area contributed by atoms with Gasteiger partial charge in [0.1, 0.15) is 34.9 Å². The summed E-state index contributed by atoms with van der Waals surface area (Å²) in [6.45, 7) is -1.28. The summed E-state index contributed by atoms with van der Waals surface area (Å²) >= 11 is 11.1. The SMILES string of the molecule is O=C1OC(CCO)C(OCc2ccc(F)c(Cl)c2F)=C1OCc1ccc(F)c(Cl)c1F.O=P(O)(OCc1ccccc1)OCc1ccccc1. The Morgan fingerprint density at radius 3 is 1.62 bits per heavy atom. The average molecular weight is 759 g/mol. The van der Waals surface area contributed by atoms with E-state index in [2.05, 4.69) is 0 Å². The van der Waals surface area contributed by atoms with E-state index in [4.69, 9.17) is 46.5 Å². The van der Waals surface area contributed by atoms with Crippen molar-refractivity contribution in [2.75, 3.05) is 6.61 Å². The van der Waals surface area contributed by atoms with Gasteiger partial charge >= 0.3 is 13.8 Å². The van der Waals surface area contributed by atoms with Crippen molar-refractivity contribution in [1.82, 2.24) is 0 Å². The first-order valence-corrected chi connectivity index (χ1v) is 16.9. The molecule has 266 valence electrons. The first kappa shape index (κ1) is 38.9. The molecule has 4 aromatic rings. The molecule has 2 N–H and O–H groups in total. The summed E-state index contributed by atoms with van der Waals surface area (Å²) in [4.78, 5) is 21.7. The molecular formula is C34H29Cl2F4O9P. The second kappa shape index (κ2) is 18.3. The normalized spacial score (nSPS) is 14.2. The zero-order chi connectivity index (χ0) is 36.3. The monoisotopic (exact) mass is 758 g/mol. The summed E-state index contributed by atoms with van der Waals surface area (Å²) in [6.07, 6.45) is -1.11. The Morgan fingerprint density at radius 2 is 1.16 bits per heavy atom. The third-order valence-corrected chi connectivity index (χ3v) is 8.41. The molecular weight excluding hydrogens is 730 g/mol. The lowest BCUT2D eigenvalue weighted by molar-refractivity contribution is -0.143. The van der Waals surface area contributed by atoms with Crippen LogP contribution in [-0.4, -0.2) is 28.7 Å². The zero-order valence-corrected chi connectivity index (χ0v) is 28.3. The molecule has 1 heterocycles. The lowest BCUT2D eigenvalue weighted by Gasteiger charge is -2.15. The van der Waals surface area contributed by atoms with E-state index >= 15 is 0 Å². The highest BCUT2D eigenvalue weighted by atomic mass is 35.5. The zero-order valence-electron chi connectivity index (χ0n) is 25.9. The number of aliphatic hydroxyl groups excluding tert-OH is 1. The van der Waals surface area contributed by atoms with Crippen molar-refractivity contribution in [1.29, 1.82) is 0 Å². The Kier molecular flexibility index (Phi) is 14.3. The van der Waals surface area contributed by atoms with E-state index in [1.807, 2.05) is 60.7 Å². The molecule has 1 unspecified atom stereocenters. The Balaban J connectivity index is 0.000000252. The van der Waals surface area contributed by atoms with Crippen LogP contribution in [0, 0.1) is 23.3 Å². The minimum Gasteiger partial charge on any atom is -0.485 e. The minimum absolute atomic E-state index is 0.0450. The molecule has 0 radical (unpaired) electrons. The third kappa shape index (κ3) is 10.8. The smallest absolute Gasteiger partial charge is 0.472 e. The molecule has 5 rings (SSSR count). The molecule has 0 aliphatic carbocycles. The minimum atomic E-state index is -4.02. The van der Waals surface area contributed by atoms with E-state index in [-0.39, 0.29) is 43.1 Å². The fourth-order valence-corrected chi connectivity index (χ4v) is 5.30. The van der Waals surface area contributed by atoms with Crippen molar-refractivity contribution in [2.45, 2.75) is 39.0 Å². The van der Waals surface area contributed by atoms with Crippen LogP contribution in [0.2, 0.25) is 10.0 Å². The number of benzene rings is 4. The molecule has 0 spiro atoms. The maximum atomic E-state index is 14.1. The van der Waals surface area contributed by atoms with Gasteiger partial charge in [-0.15, -0.1) is 0 Å². The van der Waals surface area contributed by atoms with E-state index in [0.29, 0.717) is 0 Å². The van der Waals surface area contributed by atoms with Gasteiger partial charge in [0.05, 0.1) is 13.2 Å². The molecule has 1 atom stereocenters. The lowest BCUT2D eigenvalue weighted by Crippen LogP contribution is -2.15. The number of hydrogen-bond donors (Lipinski definition) is 2. The molecule has 50 heavy (non-hydrogen) atoms. The Bertz CT molecular complexity index is 1800. The fraction of sp³-hybridized carbons (Fsp3) is 0.206. The van der Waals surface area contributed by atoms with E-state index in [0.717, 1.165) is 35.4 Å². The van der Waals surface area contributed by atoms with Gasteiger partial charge in [0.25, 0.3) is 0 Å². The largest absolute Gasteiger partial charge is 0.485 e. The van der Waals surface area contributed by atoms with Gasteiger partial charge in [-0.05, 0) is 35.4 Å². The molecule has 1 aliphatic rings. The predicted molar refractivity (Wildman–Crippen MR) is 173 cm³/mol. The van der Waals surface area contributed by atoms with Crippen molar-refractivity contribution >= 4 is 37.0 Å². The number of esters is 1. The summed E-state index contributed by atoms with van der Waals surface area (Å²) in [6, 6.07) is 22.4. The topological polar surface area (TPSA) is 121 Å². The molecule has 9 nitrogen and oxygen atoms in total. The fourth-order valence-electron chi connectivity index (χ4n) is 4.24. The van der Waals surface area contributed by atoms with Crippen LogP contribution in [-0.2, 0) is 59.0 Å². The van der Waals surface area contributed by atoms with Crippen LogP contribution >= 0.6 is 31.0 Å².